The van der Waals surface area contributed by atoms with E-state index in [1.807, 2.05) is 6.92 Å². The van der Waals surface area contributed by atoms with Crippen molar-refractivity contribution in [3.8, 4) is 11.5 Å². The van der Waals surface area contributed by atoms with E-state index in [4.69, 9.17) is 5.73 Å². The van der Waals surface area contributed by atoms with Crippen molar-refractivity contribution in [3.05, 3.63) is 23.8 Å². The number of carbonyl (C=O) groups excluding carboxylic acids is 1. The third-order valence-electron chi connectivity index (χ3n) is 3.50. The minimum absolute atomic E-state index is 0.0561. The van der Waals surface area contributed by atoms with Crippen molar-refractivity contribution in [1.82, 2.24) is 4.90 Å². The second-order valence-corrected chi connectivity index (χ2v) is 4.83. The van der Waals surface area contributed by atoms with Crippen LogP contribution in [0.4, 0.5) is 0 Å². The zero-order valence-electron chi connectivity index (χ0n) is 10.3. The maximum Gasteiger partial charge on any atom is 0.257 e. The predicted molar refractivity (Wildman–Crippen MR) is 67.4 cm³/mol. The van der Waals surface area contributed by atoms with Crippen LogP contribution in [0.3, 0.4) is 0 Å². The lowest BCUT2D eigenvalue weighted by Gasteiger charge is -2.18. The summed E-state index contributed by atoms with van der Waals surface area (Å²) in [6.07, 6.45) is 0.878. The molecule has 0 aromatic heterocycles. The Morgan fingerprint density at radius 1 is 1.50 bits per heavy atom. The van der Waals surface area contributed by atoms with E-state index in [0.29, 0.717) is 19.0 Å². The predicted octanol–water partition coefficient (Wildman–Crippen LogP) is 0.907. The molecule has 5 heteroatoms. The molecule has 0 radical (unpaired) electrons. The number of para-hydroxylation sites is 1. The standard InChI is InChI=1S/C13H18N2O3/c1-8(14)9-5-6-15(7-9)13(18)10-3-2-4-11(16)12(10)17/h2-4,8-9,16-17H,5-7,14H2,1H3. The molecule has 4 N–H and O–H groups in total. The number of nitrogens with two attached hydrogens (primary N) is 1. The van der Waals surface area contributed by atoms with E-state index in [2.05, 4.69) is 0 Å². The van der Waals surface area contributed by atoms with Gasteiger partial charge < -0.3 is 20.8 Å². The smallest absolute Gasteiger partial charge is 0.257 e. The van der Waals surface area contributed by atoms with Crippen molar-refractivity contribution in [2.24, 2.45) is 11.7 Å². The average molecular weight is 250 g/mol. The van der Waals surface area contributed by atoms with Gasteiger partial charge in [0.05, 0.1) is 5.56 Å². The van der Waals surface area contributed by atoms with Gasteiger partial charge in [0, 0.05) is 19.1 Å². The molecule has 1 aliphatic heterocycles. The van der Waals surface area contributed by atoms with Crippen molar-refractivity contribution in [1.29, 1.82) is 0 Å². The Kier molecular flexibility index (Phi) is 3.43. The first-order valence-corrected chi connectivity index (χ1v) is 6.06. The highest BCUT2D eigenvalue weighted by Crippen LogP contribution is 2.30. The van der Waals surface area contributed by atoms with Gasteiger partial charge in [-0.25, -0.2) is 0 Å². The van der Waals surface area contributed by atoms with Gasteiger partial charge in [-0.2, -0.15) is 0 Å². The third-order valence-corrected chi connectivity index (χ3v) is 3.50. The van der Waals surface area contributed by atoms with Gasteiger partial charge in [0.15, 0.2) is 11.5 Å². The summed E-state index contributed by atoms with van der Waals surface area (Å²) in [5.74, 6) is -0.588. The number of phenols is 2. The van der Waals surface area contributed by atoms with Crippen LogP contribution in [-0.2, 0) is 0 Å². The lowest BCUT2D eigenvalue weighted by Crippen LogP contribution is -2.33. The van der Waals surface area contributed by atoms with Gasteiger partial charge in [-0.05, 0) is 31.4 Å². The number of nitrogens with zero attached hydrogens (tertiary/aromatic N) is 1. The maximum absolute atomic E-state index is 12.2. The second kappa shape index (κ2) is 4.86. The van der Waals surface area contributed by atoms with Gasteiger partial charge in [0.2, 0.25) is 0 Å². The van der Waals surface area contributed by atoms with Gasteiger partial charge in [0.25, 0.3) is 5.91 Å². The highest BCUT2D eigenvalue weighted by molar-refractivity contribution is 5.97. The highest BCUT2D eigenvalue weighted by atomic mass is 16.3. The summed E-state index contributed by atoms with van der Waals surface area (Å²) >= 11 is 0. The Labute approximate surface area is 106 Å². The molecule has 1 amide bonds. The Bertz CT molecular complexity index is 460. The number of carbonyl (C=O) groups is 1. The second-order valence-electron chi connectivity index (χ2n) is 4.83. The van der Waals surface area contributed by atoms with Crippen LogP contribution < -0.4 is 5.73 Å². The van der Waals surface area contributed by atoms with E-state index in [1.165, 1.54) is 12.1 Å². The normalized spacial score (nSPS) is 21.0. The fourth-order valence-electron chi connectivity index (χ4n) is 2.28. The van der Waals surface area contributed by atoms with E-state index in [-0.39, 0.29) is 29.0 Å². The van der Waals surface area contributed by atoms with Crippen molar-refractivity contribution in [2.45, 2.75) is 19.4 Å². The molecular formula is C13H18N2O3. The molecule has 2 atom stereocenters. The van der Waals surface area contributed by atoms with E-state index in [9.17, 15) is 15.0 Å². The van der Waals surface area contributed by atoms with Crippen LogP contribution >= 0.6 is 0 Å². The Morgan fingerprint density at radius 2 is 2.22 bits per heavy atom. The molecule has 1 heterocycles. The van der Waals surface area contributed by atoms with Gasteiger partial charge in [-0.1, -0.05) is 6.07 Å². The molecule has 0 spiro atoms. The Morgan fingerprint density at radius 3 is 2.83 bits per heavy atom. The Balaban J connectivity index is 2.16. The summed E-state index contributed by atoms with van der Waals surface area (Å²) in [6.45, 7) is 3.18. The van der Waals surface area contributed by atoms with Crippen molar-refractivity contribution in [2.75, 3.05) is 13.1 Å². The summed E-state index contributed by atoms with van der Waals surface area (Å²) in [5.41, 5.74) is 5.96. The van der Waals surface area contributed by atoms with Crippen LogP contribution in [0.1, 0.15) is 23.7 Å². The fourth-order valence-corrected chi connectivity index (χ4v) is 2.28. The van der Waals surface area contributed by atoms with Gasteiger partial charge >= 0.3 is 0 Å². The van der Waals surface area contributed by atoms with E-state index in [0.717, 1.165) is 6.42 Å². The number of benzene rings is 1. The van der Waals surface area contributed by atoms with E-state index < -0.39 is 0 Å². The van der Waals surface area contributed by atoms with E-state index in [1.54, 1.807) is 11.0 Å². The molecular weight excluding hydrogens is 232 g/mol. The molecule has 18 heavy (non-hydrogen) atoms. The number of amides is 1. The summed E-state index contributed by atoms with van der Waals surface area (Å²) in [7, 11) is 0. The number of likely N-dealkylation sites (tertiary alicyclic amines) is 1. The molecule has 0 bridgehead atoms. The van der Waals surface area contributed by atoms with Gasteiger partial charge in [-0.3, -0.25) is 4.79 Å². The quantitative estimate of drug-likeness (QED) is 0.681. The van der Waals surface area contributed by atoms with Crippen molar-refractivity contribution < 1.29 is 15.0 Å². The van der Waals surface area contributed by atoms with Crippen LogP contribution in [0.25, 0.3) is 0 Å². The fraction of sp³-hybridized carbons (Fsp3) is 0.462. The lowest BCUT2D eigenvalue weighted by atomic mass is 10.0. The Hall–Kier alpha value is -1.75. The molecule has 1 aromatic rings. The first-order valence-electron chi connectivity index (χ1n) is 6.06. The zero-order valence-corrected chi connectivity index (χ0v) is 10.3. The molecule has 1 aliphatic rings. The monoisotopic (exact) mass is 250 g/mol. The minimum atomic E-state index is -0.355. The number of hydrogen-bond donors (Lipinski definition) is 3. The maximum atomic E-state index is 12.2. The molecule has 5 nitrogen and oxygen atoms in total. The summed E-state index contributed by atoms with van der Waals surface area (Å²) < 4.78 is 0. The SMILES string of the molecule is CC(N)C1CCN(C(=O)c2cccc(O)c2O)C1. The average Bonchev–Trinajstić information content (AvgIpc) is 2.81. The molecule has 2 unspecified atom stereocenters. The first kappa shape index (κ1) is 12.7. The first-order chi connectivity index (χ1) is 8.50. The van der Waals surface area contributed by atoms with Crippen LogP contribution in [0, 0.1) is 5.92 Å². The summed E-state index contributed by atoms with van der Waals surface area (Å²) in [5, 5.41) is 19.1. The molecule has 0 saturated carbocycles. The number of phenolic OH excluding ortho intramolecular Hbond substituents is 2. The summed E-state index contributed by atoms with van der Waals surface area (Å²) in [6, 6.07) is 4.46. The molecule has 98 valence electrons. The number of rotatable bonds is 2. The van der Waals surface area contributed by atoms with Crippen LogP contribution in [0.2, 0.25) is 0 Å². The van der Waals surface area contributed by atoms with Gasteiger partial charge in [-0.15, -0.1) is 0 Å². The molecule has 1 aromatic carbocycles. The highest BCUT2D eigenvalue weighted by Gasteiger charge is 2.30. The summed E-state index contributed by atoms with van der Waals surface area (Å²) in [4.78, 5) is 13.9. The lowest BCUT2D eigenvalue weighted by molar-refractivity contribution is 0.0782. The largest absolute Gasteiger partial charge is 0.504 e. The van der Waals surface area contributed by atoms with Crippen LogP contribution in [0.5, 0.6) is 11.5 Å². The minimum Gasteiger partial charge on any atom is -0.504 e. The molecule has 0 aliphatic carbocycles. The zero-order chi connectivity index (χ0) is 13.3. The van der Waals surface area contributed by atoms with Crippen LogP contribution in [0.15, 0.2) is 18.2 Å². The van der Waals surface area contributed by atoms with E-state index >= 15 is 0 Å². The number of hydrogen-bond acceptors (Lipinski definition) is 4. The molecule has 2 rings (SSSR count). The molecule has 1 saturated heterocycles. The number of aromatic hydroxyl groups is 2. The van der Waals surface area contributed by atoms with Gasteiger partial charge in [0.1, 0.15) is 0 Å². The molecule has 1 fully saturated rings. The van der Waals surface area contributed by atoms with Crippen LogP contribution in [-0.4, -0.2) is 40.2 Å². The van der Waals surface area contributed by atoms with Crippen molar-refractivity contribution in [3.63, 3.8) is 0 Å². The topological polar surface area (TPSA) is 86.8 Å². The third kappa shape index (κ3) is 2.26. The van der Waals surface area contributed by atoms with Crippen molar-refractivity contribution >= 4 is 5.91 Å².